The lowest BCUT2D eigenvalue weighted by Crippen LogP contribution is -2.52. The zero-order valence-corrected chi connectivity index (χ0v) is 46.7. The van der Waals surface area contributed by atoms with E-state index >= 15 is 0 Å². The van der Waals surface area contributed by atoms with Crippen LogP contribution in [0.1, 0.15) is 86.4 Å². The largest absolute Gasteiger partial charge is 0.497 e. The lowest BCUT2D eigenvalue weighted by molar-refractivity contribution is -0.158. The maximum Gasteiger partial charge on any atom is 0.328 e. The summed E-state index contributed by atoms with van der Waals surface area (Å²) in [7, 11) is 3.05. The number of esters is 1. The number of benzene rings is 4. The van der Waals surface area contributed by atoms with Gasteiger partial charge in [-0.1, -0.05) is 72.8 Å². The van der Waals surface area contributed by atoms with Gasteiger partial charge in [-0.3, -0.25) is 39.3 Å². The molecule has 0 bridgehead atoms. The molecule has 84 heavy (non-hydrogen) atoms. The minimum absolute atomic E-state index is 0.105. The van der Waals surface area contributed by atoms with E-state index in [1.165, 1.54) is 29.6 Å². The van der Waals surface area contributed by atoms with E-state index in [1.54, 1.807) is 75.6 Å². The fourth-order valence-corrected chi connectivity index (χ4v) is 10.5. The quantitative estimate of drug-likeness (QED) is 0.0432. The number of ether oxygens (including phenoxy) is 3. The SMILES string of the molecule is COc1ccc2c(c1)C(=O)N(C[C@@]1(c3cc4ncc(CNCc5ccccc5)cc4o3)NC(=O)N(COC(=O)C(C)(C)C)C1=O)C2.COc1ccc2c(c1)C(=O)N(C[C@@]1(c3cc4ncc(CNCc5ccccc5)cc4o3)NC(=O)NC1=O)C2. The summed E-state index contributed by atoms with van der Waals surface area (Å²) in [5, 5.41) is 14.5. The Kier molecular flexibility index (Phi) is 15.2. The van der Waals surface area contributed by atoms with Crippen LogP contribution in [0.3, 0.4) is 0 Å². The van der Waals surface area contributed by atoms with Crippen molar-refractivity contribution in [1.29, 1.82) is 0 Å². The minimum atomic E-state index is -1.81. The molecule has 0 unspecified atom stereocenters. The van der Waals surface area contributed by atoms with Gasteiger partial charge in [-0.25, -0.2) is 14.5 Å². The Hall–Kier alpha value is -9.93. The molecular weight excluding hydrogens is 1080 g/mol. The molecule has 22 heteroatoms. The molecule has 2 atom stereocenters. The smallest absolute Gasteiger partial charge is 0.328 e. The molecule has 4 aromatic heterocycles. The number of carbonyl (C=O) groups is 7. The first-order chi connectivity index (χ1) is 40.4. The number of carbonyl (C=O) groups excluding carboxylic acids is 7. The predicted molar refractivity (Wildman–Crippen MR) is 303 cm³/mol. The van der Waals surface area contributed by atoms with Crippen molar-refractivity contribution >= 4 is 63.9 Å². The number of rotatable bonds is 18. The number of methoxy groups -OCH3 is 2. The topological polar surface area (TPSA) is 269 Å². The molecule has 2 saturated heterocycles. The fourth-order valence-electron chi connectivity index (χ4n) is 10.5. The van der Waals surface area contributed by atoms with Crippen molar-refractivity contribution in [2.45, 2.75) is 71.1 Å². The van der Waals surface area contributed by atoms with Gasteiger partial charge in [0.25, 0.3) is 23.6 Å². The summed E-state index contributed by atoms with van der Waals surface area (Å²) in [5.74, 6) is -1.06. The third-order valence-corrected chi connectivity index (χ3v) is 15.0. The minimum Gasteiger partial charge on any atom is -0.497 e. The van der Waals surface area contributed by atoms with Crippen LogP contribution in [0.25, 0.3) is 22.2 Å². The van der Waals surface area contributed by atoms with Gasteiger partial charge < -0.3 is 54.1 Å². The van der Waals surface area contributed by atoms with Crippen LogP contribution >= 0.6 is 0 Å². The average Bonchev–Trinajstić information content (AvgIpc) is 2.28. The lowest BCUT2D eigenvalue weighted by Gasteiger charge is -2.29. The molecular formula is C62H60N10O12. The highest BCUT2D eigenvalue weighted by atomic mass is 16.5. The second-order valence-corrected chi connectivity index (χ2v) is 21.9. The summed E-state index contributed by atoms with van der Waals surface area (Å²) >= 11 is 0. The van der Waals surface area contributed by atoms with Gasteiger partial charge in [-0.2, -0.15) is 0 Å². The molecule has 12 rings (SSSR count). The van der Waals surface area contributed by atoms with E-state index in [0.717, 1.165) is 32.7 Å². The van der Waals surface area contributed by atoms with Gasteiger partial charge in [0.2, 0.25) is 0 Å². The summed E-state index contributed by atoms with van der Waals surface area (Å²) < 4.78 is 28.2. The molecule has 4 aliphatic heterocycles. The van der Waals surface area contributed by atoms with Crippen LogP contribution in [-0.2, 0) is 69.5 Å². The number of nitrogens with zero attached hydrogens (tertiary/aromatic N) is 5. The van der Waals surface area contributed by atoms with Gasteiger partial charge in [0, 0.05) is 74.9 Å². The van der Waals surface area contributed by atoms with Crippen LogP contribution in [0.2, 0.25) is 0 Å². The van der Waals surface area contributed by atoms with Gasteiger partial charge in [0.1, 0.15) is 34.1 Å². The number of pyridine rings is 2. The van der Waals surface area contributed by atoms with E-state index < -0.39 is 53.1 Å². The number of urea groups is 2. The van der Waals surface area contributed by atoms with E-state index in [-0.39, 0.29) is 43.0 Å². The fraction of sp³-hybridized carbons (Fsp3) is 0.274. The highest BCUT2D eigenvalue weighted by Crippen LogP contribution is 2.39. The number of imide groups is 2. The second-order valence-electron chi connectivity index (χ2n) is 21.9. The summed E-state index contributed by atoms with van der Waals surface area (Å²) in [5.41, 5.74) is 4.26. The van der Waals surface area contributed by atoms with Crippen LogP contribution in [0.5, 0.6) is 11.5 Å². The summed E-state index contributed by atoms with van der Waals surface area (Å²) in [6.45, 7) is 7.04. The molecule has 4 aliphatic rings. The van der Waals surface area contributed by atoms with Gasteiger partial charge in [0.15, 0.2) is 29.0 Å². The molecule has 2 fully saturated rings. The molecule has 0 spiro atoms. The number of nitrogens with one attached hydrogen (secondary N) is 5. The van der Waals surface area contributed by atoms with E-state index in [9.17, 15) is 33.6 Å². The number of fused-ring (bicyclic) bond motifs is 4. The zero-order valence-electron chi connectivity index (χ0n) is 46.7. The average molecular weight is 1140 g/mol. The summed E-state index contributed by atoms with van der Waals surface area (Å²) in [6, 6.07) is 36.0. The maximum absolute atomic E-state index is 14.2. The van der Waals surface area contributed by atoms with Crippen molar-refractivity contribution < 1.29 is 56.6 Å². The maximum atomic E-state index is 14.2. The van der Waals surface area contributed by atoms with E-state index in [2.05, 4.69) is 36.6 Å². The number of aromatic nitrogens is 2. The monoisotopic (exact) mass is 1140 g/mol. The summed E-state index contributed by atoms with van der Waals surface area (Å²) in [6.07, 6.45) is 3.46. The normalized spacial score (nSPS) is 18.2. The summed E-state index contributed by atoms with van der Waals surface area (Å²) in [4.78, 5) is 105. The molecule has 0 aliphatic carbocycles. The first-order valence-electron chi connectivity index (χ1n) is 27.1. The van der Waals surface area contributed by atoms with Gasteiger partial charge in [0.05, 0.1) is 32.7 Å². The Bertz CT molecular complexity index is 3900. The molecule has 8 amide bonds. The van der Waals surface area contributed by atoms with Crippen LogP contribution < -0.4 is 36.1 Å². The standard InChI is InChI=1S/C34H35N5O7.C28H25N5O5/c1-33(2,3)31(42)45-20-39-30(41)34(37-32(39)43,19-38-18-23-10-11-24(44-4)13-25(23)29(38)40)28-14-26-27(46-28)12-22(17-36-26)16-35-15-21-8-6-5-7-9-21;1-37-20-8-7-19-15-33(25(34)21(19)10-20)16-28(26(35)31-27(36)32-28)24-11-22-23(38-24)9-18(14-30-22)13-29-12-17-5-3-2-4-6-17/h5-14,17,35H,15-16,18-20H2,1-4H3,(H,37,43);2-11,14,29H,12-13,15-16H2,1H3,(H2,31,32,35,36)/t34-;28-/m00/s1. The third kappa shape index (κ3) is 11.1. The van der Waals surface area contributed by atoms with E-state index in [4.69, 9.17) is 23.0 Å². The van der Waals surface area contributed by atoms with Gasteiger partial charge >= 0.3 is 18.0 Å². The molecule has 430 valence electrons. The van der Waals surface area contributed by atoms with Crippen LogP contribution in [-0.4, -0.2) is 100 Å². The Morgan fingerprint density at radius 1 is 0.607 bits per heavy atom. The highest BCUT2D eigenvalue weighted by molar-refractivity contribution is 6.09. The molecule has 4 aromatic carbocycles. The first kappa shape index (κ1) is 56.0. The number of hydrogen-bond donors (Lipinski definition) is 5. The molecule has 0 radical (unpaired) electrons. The molecule has 8 heterocycles. The first-order valence-corrected chi connectivity index (χ1v) is 27.1. The van der Waals surface area contributed by atoms with Crippen molar-refractivity contribution in [3.05, 3.63) is 190 Å². The van der Waals surface area contributed by atoms with Crippen molar-refractivity contribution in [3.63, 3.8) is 0 Å². The second kappa shape index (κ2) is 22.8. The van der Waals surface area contributed by atoms with E-state index in [1.807, 2.05) is 78.9 Å². The third-order valence-electron chi connectivity index (χ3n) is 15.0. The highest BCUT2D eigenvalue weighted by Gasteiger charge is 2.58. The predicted octanol–water partition coefficient (Wildman–Crippen LogP) is 6.89. The van der Waals surface area contributed by atoms with Crippen LogP contribution in [0, 0.1) is 5.41 Å². The van der Waals surface area contributed by atoms with Crippen molar-refractivity contribution in [2.75, 3.05) is 34.0 Å². The molecule has 8 aromatic rings. The van der Waals surface area contributed by atoms with E-state index in [0.29, 0.717) is 77.5 Å². The Labute approximate surface area is 481 Å². The number of amides is 8. The van der Waals surface area contributed by atoms with Crippen LogP contribution in [0.15, 0.2) is 143 Å². The number of hydrogen-bond acceptors (Lipinski definition) is 16. The van der Waals surface area contributed by atoms with Gasteiger partial charge in [-0.15, -0.1) is 0 Å². The zero-order chi connectivity index (χ0) is 58.9. The number of furan rings is 2. The molecule has 22 nitrogen and oxygen atoms in total. The lowest BCUT2D eigenvalue weighted by atomic mass is 9.95. The Morgan fingerprint density at radius 3 is 1.55 bits per heavy atom. The van der Waals surface area contributed by atoms with Crippen molar-refractivity contribution in [3.8, 4) is 11.5 Å². The molecule has 0 saturated carbocycles. The molecule has 5 N–H and O–H groups in total. The van der Waals surface area contributed by atoms with Gasteiger partial charge in [-0.05, 0) is 90.6 Å². The Morgan fingerprint density at radius 2 is 1.08 bits per heavy atom. The van der Waals surface area contributed by atoms with Crippen molar-refractivity contribution in [2.24, 2.45) is 5.41 Å². The Balaban J connectivity index is 0.000000178. The van der Waals surface area contributed by atoms with Crippen LogP contribution in [0.4, 0.5) is 9.59 Å². The van der Waals surface area contributed by atoms with Crippen molar-refractivity contribution in [1.82, 2.24) is 51.3 Å².